The van der Waals surface area contributed by atoms with E-state index >= 15 is 0 Å². The molecule has 0 amide bonds. The standard InChI is InChI=1S/C12H11BrO/c1-2-6-11(14)9-12(13)10-7-4-3-5-8-10/h2-9H,1H3/b6-2+,12-9-. The quantitative estimate of drug-likeness (QED) is 0.750. The fourth-order valence-corrected chi connectivity index (χ4v) is 1.51. The van der Waals surface area contributed by atoms with E-state index in [1.165, 1.54) is 6.08 Å². The Kier molecular flexibility index (Phi) is 4.33. The molecule has 0 heterocycles. The van der Waals surface area contributed by atoms with Crippen molar-refractivity contribution in [1.82, 2.24) is 0 Å². The van der Waals surface area contributed by atoms with E-state index in [-0.39, 0.29) is 5.78 Å². The van der Waals surface area contributed by atoms with Crippen LogP contribution < -0.4 is 0 Å². The summed E-state index contributed by atoms with van der Waals surface area (Å²) in [5, 5.41) is 0. The molecule has 1 nitrogen and oxygen atoms in total. The average molecular weight is 251 g/mol. The highest BCUT2D eigenvalue weighted by Crippen LogP contribution is 2.20. The van der Waals surface area contributed by atoms with Crippen LogP contribution in [-0.2, 0) is 4.79 Å². The van der Waals surface area contributed by atoms with Gasteiger partial charge in [-0.25, -0.2) is 0 Å². The Morgan fingerprint density at radius 3 is 2.50 bits per heavy atom. The zero-order chi connectivity index (χ0) is 10.4. The van der Waals surface area contributed by atoms with E-state index < -0.39 is 0 Å². The number of carbonyl (C=O) groups excluding carboxylic acids is 1. The molecule has 0 bridgehead atoms. The van der Waals surface area contributed by atoms with E-state index in [1.54, 1.807) is 12.2 Å². The van der Waals surface area contributed by atoms with Gasteiger partial charge in [0, 0.05) is 10.6 Å². The van der Waals surface area contributed by atoms with Crippen LogP contribution in [0.4, 0.5) is 0 Å². The lowest BCUT2D eigenvalue weighted by Crippen LogP contribution is -1.86. The molecule has 0 radical (unpaired) electrons. The van der Waals surface area contributed by atoms with Crippen LogP contribution in [0.5, 0.6) is 0 Å². The molecule has 0 N–H and O–H groups in total. The molecule has 1 rings (SSSR count). The second kappa shape index (κ2) is 5.55. The van der Waals surface area contributed by atoms with Gasteiger partial charge in [0.2, 0.25) is 0 Å². The zero-order valence-electron chi connectivity index (χ0n) is 7.91. The lowest BCUT2D eigenvalue weighted by Gasteiger charge is -1.96. The summed E-state index contributed by atoms with van der Waals surface area (Å²) in [4.78, 5) is 11.2. The molecule has 1 aromatic rings. The molecule has 0 saturated heterocycles. The van der Waals surface area contributed by atoms with Crippen LogP contribution in [0.15, 0.2) is 48.6 Å². The predicted octanol–water partition coefficient (Wildman–Crippen LogP) is 3.57. The van der Waals surface area contributed by atoms with Crippen molar-refractivity contribution in [2.45, 2.75) is 6.92 Å². The summed E-state index contributed by atoms with van der Waals surface area (Å²) in [6.07, 6.45) is 4.82. The van der Waals surface area contributed by atoms with Crippen molar-refractivity contribution in [2.75, 3.05) is 0 Å². The third kappa shape index (κ3) is 3.30. The average Bonchev–Trinajstić information content (AvgIpc) is 2.19. The molecular weight excluding hydrogens is 240 g/mol. The SMILES string of the molecule is C/C=C/C(=O)/C=C(\Br)c1ccccc1. The first kappa shape index (κ1) is 10.9. The van der Waals surface area contributed by atoms with Gasteiger partial charge in [0.15, 0.2) is 5.78 Å². The van der Waals surface area contributed by atoms with Gasteiger partial charge < -0.3 is 0 Å². The molecule has 14 heavy (non-hydrogen) atoms. The lowest BCUT2D eigenvalue weighted by atomic mass is 10.2. The number of ketones is 1. The number of benzene rings is 1. The molecule has 0 aliphatic heterocycles. The highest BCUT2D eigenvalue weighted by atomic mass is 79.9. The van der Waals surface area contributed by atoms with Gasteiger partial charge >= 0.3 is 0 Å². The van der Waals surface area contributed by atoms with Crippen LogP contribution in [0.2, 0.25) is 0 Å². The monoisotopic (exact) mass is 250 g/mol. The molecule has 0 unspecified atom stereocenters. The Morgan fingerprint density at radius 2 is 1.93 bits per heavy atom. The molecule has 0 aliphatic carbocycles. The normalized spacial score (nSPS) is 12.0. The molecule has 0 aliphatic rings. The van der Waals surface area contributed by atoms with Gasteiger partial charge in [0.1, 0.15) is 0 Å². The minimum atomic E-state index is -0.0109. The van der Waals surface area contributed by atoms with E-state index in [9.17, 15) is 4.79 Å². The minimum Gasteiger partial charge on any atom is -0.290 e. The summed E-state index contributed by atoms with van der Waals surface area (Å²) < 4.78 is 0.807. The minimum absolute atomic E-state index is 0.0109. The van der Waals surface area contributed by atoms with Crippen LogP contribution in [0, 0.1) is 0 Å². The Hall–Kier alpha value is -1.15. The number of rotatable bonds is 3. The van der Waals surface area contributed by atoms with Crippen molar-refractivity contribution >= 4 is 26.2 Å². The van der Waals surface area contributed by atoms with E-state index in [0.717, 1.165) is 10.0 Å². The molecule has 0 fully saturated rings. The highest BCUT2D eigenvalue weighted by molar-refractivity contribution is 9.15. The van der Waals surface area contributed by atoms with Gasteiger partial charge in [0.25, 0.3) is 0 Å². The summed E-state index contributed by atoms with van der Waals surface area (Å²) in [6.45, 7) is 1.82. The molecule has 0 spiro atoms. The van der Waals surface area contributed by atoms with Crippen LogP contribution in [-0.4, -0.2) is 5.78 Å². The smallest absolute Gasteiger partial charge is 0.179 e. The molecule has 0 saturated carbocycles. The summed E-state index contributed by atoms with van der Waals surface area (Å²) >= 11 is 3.36. The van der Waals surface area contributed by atoms with Crippen molar-refractivity contribution in [3.63, 3.8) is 0 Å². The van der Waals surface area contributed by atoms with E-state index in [0.29, 0.717) is 0 Å². The Labute approximate surface area is 92.3 Å². The van der Waals surface area contributed by atoms with Gasteiger partial charge in [-0.3, -0.25) is 4.79 Å². The van der Waals surface area contributed by atoms with Gasteiger partial charge in [0.05, 0.1) is 0 Å². The van der Waals surface area contributed by atoms with Gasteiger partial charge in [-0.1, -0.05) is 52.3 Å². The summed E-state index contributed by atoms with van der Waals surface area (Å²) in [5.41, 5.74) is 1.00. The first-order valence-corrected chi connectivity index (χ1v) is 5.12. The Morgan fingerprint density at radius 1 is 1.29 bits per heavy atom. The number of carbonyl (C=O) groups is 1. The van der Waals surface area contributed by atoms with E-state index in [4.69, 9.17) is 0 Å². The third-order valence-electron chi connectivity index (χ3n) is 1.65. The molecule has 1 aromatic carbocycles. The van der Waals surface area contributed by atoms with Crippen LogP contribution in [0.1, 0.15) is 12.5 Å². The first-order chi connectivity index (χ1) is 6.74. The maximum Gasteiger partial charge on any atom is 0.179 e. The molecule has 2 heteroatoms. The van der Waals surface area contributed by atoms with Crippen molar-refractivity contribution in [1.29, 1.82) is 0 Å². The van der Waals surface area contributed by atoms with Crippen molar-refractivity contribution < 1.29 is 4.79 Å². The number of hydrogen-bond donors (Lipinski definition) is 0. The topological polar surface area (TPSA) is 17.1 Å². The van der Waals surface area contributed by atoms with Crippen molar-refractivity contribution in [2.24, 2.45) is 0 Å². The second-order valence-corrected chi connectivity index (χ2v) is 3.62. The fraction of sp³-hybridized carbons (Fsp3) is 0.0833. The predicted molar refractivity (Wildman–Crippen MR) is 63.2 cm³/mol. The van der Waals surface area contributed by atoms with Gasteiger partial charge in [-0.2, -0.15) is 0 Å². The Bertz CT molecular complexity index is 363. The second-order valence-electron chi connectivity index (χ2n) is 2.76. The third-order valence-corrected chi connectivity index (χ3v) is 2.34. The maximum atomic E-state index is 11.2. The molecule has 0 aromatic heterocycles. The molecule has 72 valence electrons. The van der Waals surface area contributed by atoms with Crippen LogP contribution >= 0.6 is 15.9 Å². The first-order valence-electron chi connectivity index (χ1n) is 4.33. The van der Waals surface area contributed by atoms with Gasteiger partial charge in [-0.15, -0.1) is 0 Å². The number of allylic oxidation sites excluding steroid dienone is 3. The maximum absolute atomic E-state index is 11.2. The van der Waals surface area contributed by atoms with Crippen LogP contribution in [0.25, 0.3) is 4.48 Å². The molecule has 0 atom stereocenters. The summed E-state index contributed by atoms with van der Waals surface area (Å²) in [7, 11) is 0. The zero-order valence-corrected chi connectivity index (χ0v) is 9.49. The summed E-state index contributed by atoms with van der Waals surface area (Å²) in [6, 6.07) is 9.71. The van der Waals surface area contributed by atoms with Crippen molar-refractivity contribution in [3.05, 3.63) is 54.1 Å². The fourth-order valence-electron chi connectivity index (χ4n) is 1.02. The molecular formula is C12H11BrO. The van der Waals surface area contributed by atoms with Crippen molar-refractivity contribution in [3.8, 4) is 0 Å². The van der Waals surface area contributed by atoms with E-state index in [2.05, 4.69) is 15.9 Å². The lowest BCUT2D eigenvalue weighted by molar-refractivity contribution is -0.110. The van der Waals surface area contributed by atoms with E-state index in [1.807, 2.05) is 37.3 Å². The highest BCUT2D eigenvalue weighted by Gasteiger charge is 1.97. The largest absolute Gasteiger partial charge is 0.290 e. The summed E-state index contributed by atoms with van der Waals surface area (Å²) in [5.74, 6) is -0.0109. The number of hydrogen-bond acceptors (Lipinski definition) is 1. The number of halogens is 1. The van der Waals surface area contributed by atoms with Crippen LogP contribution in [0.3, 0.4) is 0 Å². The van der Waals surface area contributed by atoms with Gasteiger partial charge in [-0.05, 0) is 18.6 Å². The Balaban J connectivity index is 2.85.